The molecule has 4 heterocycles. The molecule has 11 aromatic carbocycles. The number of benzene rings is 11. The van der Waals surface area contributed by atoms with E-state index in [2.05, 4.69) is 233 Å². The molecule has 1 unspecified atom stereocenters. The lowest BCUT2D eigenvalue weighted by molar-refractivity contribution is 0.668. The maximum absolute atomic E-state index is 6.87. The smallest absolute Gasteiger partial charge is 0.159 e. The van der Waals surface area contributed by atoms with Gasteiger partial charge in [-0.2, -0.15) is 0 Å². The minimum atomic E-state index is -0.456. The van der Waals surface area contributed by atoms with Crippen molar-refractivity contribution in [3.63, 3.8) is 0 Å². The van der Waals surface area contributed by atoms with Crippen LogP contribution < -0.4 is 5.32 Å². The third kappa shape index (κ3) is 5.79. The largest absolute Gasteiger partial charge is 0.456 e. The first-order chi connectivity index (χ1) is 34.2. The van der Waals surface area contributed by atoms with Crippen LogP contribution in [0, 0.1) is 0 Å². The van der Waals surface area contributed by atoms with Gasteiger partial charge in [-0.05, 0) is 105 Å². The van der Waals surface area contributed by atoms with E-state index < -0.39 is 6.17 Å². The lowest BCUT2D eigenvalue weighted by Gasteiger charge is -2.25. The van der Waals surface area contributed by atoms with Gasteiger partial charge in [0.05, 0.1) is 27.8 Å². The maximum Gasteiger partial charge on any atom is 0.159 e. The highest BCUT2D eigenvalue weighted by Gasteiger charge is 2.27. The molecule has 3 aromatic heterocycles. The van der Waals surface area contributed by atoms with E-state index in [1.54, 1.807) is 0 Å². The number of aromatic nitrogens is 2. The highest BCUT2D eigenvalue weighted by atomic mass is 16.3. The zero-order valence-electron chi connectivity index (χ0n) is 37.1. The average Bonchev–Trinajstić information content (AvgIpc) is 4.06. The van der Waals surface area contributed by atoms with E-state index in [0.717, 1.165) is 94.1 Å². The van der Waals surface area contributed by atoms with Gasteiger partial charge >= 0.3 is 0 Å². The molecule has 0 fully saturated rings. The summed E-state index contributed by atoms with van der Waals surface area (Å²) in [5, 5.41) is 17.7. The molecule has 0 saturated carbocycles. The zero-order valence-corrected chi connectivity index (χ0v) is 37.1. The number of rotatable bonds is 5. The van der Waals surface area contributed by atoms with Crippen molar-refractivity contribution in [2.24, 2.45) is 9.98 Å². The number of hydrogen-bond donors (Lipinski definition) is 1. The lowest BCUT2D eigenvalue weighted by atomic mass is 10.00. The number of hydrogen-bond acceptors (Lipinski definition) is 4. The van der Waals surface area contributed by atoms with Gasteiger partial charge in [0.1, 0.15) is 23.2 Å². The Morgan fingerprint density at radius 2 is 0.971 bits per heavy atom. The Hall–Kier alpha value is -9.26. The van der Waals surface area contributed by atoms with Gasteiger partial charge in [-0.25, -0.2) is 9.98 Å². The first-order valence-electron chi connectivity index (χ1n) is 23.5. The van der Waals surface area contributed by atoms with Crippen LogP contribution in [0.2, 0.25) is 0 Å². The molecule has 0 spiro atoms. The minimum Gasteiger partial charge on any atom is -0.456 e. The number of furan rings is 1. The van der Waals surface area contributed by atoms with Crippen LogP contribution in [0.5, 0.6) is 0 Å². The normalized spacial score (nSPS) is 14.2. The van der Waals surface area contributed by atoms with Crippen LogP contribution in [-0.2, 0) is 0 Å². The van der Waals surface area contributed by atoms with Crippen molar-refractivity contribution in [2.75, 3.05) is 0 Å². The summed E-state index contributed by atoms with van der Waals surface area (Å²) < 4.78 is 11.6. The number of aliphatic imine (C=N–C) groups is 2. The molecule has 1 N–H and O–H groups in total. The molecule has 6 nitrogen and oxygen atoms in total. The molecule has 0 radical (unpaired) electrons. The summed E-state index contributed by atoms with van der Waals surface area (Å²) in [5.41, 5.74) is 11.2. The first kappa shape index (κ1) is 37.9. The van der Waals surface area contributed by atoms with Crippen molar-refractivity contribution in [2.45, 2.75) is 6.17 Å². The predicted octanol–water partition coefficient (Wildman–Crippen LogP) is 15.7. The van der Waals surface area contributed by atoms with Gasteiger partial charge in [0.2, 0.25) is 0 Å². The third-order valence-corrected chi connectivity index (χ3v) is 14.3. The Morgan fingerprint density at radius 1 is 0.391 bits per heavy atom. The molecule has 0 amide bonds. The zero-order chi connectivity index (χ0) is 45.2. The quantitative estimate of drug-likeness (QED) is 0.187. The van der Waals surface area contributed by atoms with Crippen molar-refractivity contribution >= 4 is 110 Å². The molecule has 0 aliphatic carbocycles. The van der Waals surface area contributed by atoms with Gasteiger partial charge in [-0.1, -0.05) is 146 Å². The summed E-state index contributed by atoms with van der Waals surface area (Å²) in [7, 11) is 0. The van der Waals surface area contributed by atoms with Crippen LogP contribution in [0.15, 0.2) is 239 Å². The summed E-state index contributed by atoms with van der Waals surface area (Å²) >= 11 is 0. The minimum absolute atomic E-state index is 0.456. The van der Waals surface area contributed by atoms with Crippen LogP contribution in [-0.4, -0.2) is 20.8 Å². The van der Waals surface area contributed by atoms with Crippen molar-refractivity contribution in [3.05, 3.63) is 241 Å². The number of amidine groups is 2. The monoisotopic (exact) mass is 881 g/mol. The molecule has 14 aromatic rings. The number of nitrogens with one attached hydrogen (secondary N) is 1. The molecule has 1 aliphatic rings. The molecule has 69 heavy (non-hydrogen) atoms. The van der Waals surface area contributed by atoms with E-state index in [9.17, 15) is 0 Å². The Labute approximate surface area is 395 Å². The van der Waals surface area contributed by atoms with Crippen LogP contribution in [0.25, 0.3) is 109 Å². The van der Waals surface area contributed by atoms with Gasteiger partial charge in [0.25, 0.3) is 0 Å². The molecular formula is C63H39N5O. The van der Waals surface area contributed by atoms with Crippen LogP contribution in [0.4, 0.5) is 0 Å². The van der Waals surface area contributed by atoms with Gasteiger partial charge in [0, 0.05) is 60.8 Å². The van der Waals surface area contributed by atoms with Crippen molar-refractivity contribution < 1.29 is 4.42 Å². The van der Waals surface area contributed by atoms with E-state index in [-0.39, 0.29) is 0 Å². The maximum atomic E-state index is 6.87. The summed E-state index contributed by atoms with van der Waals surface area (Å²) in [4.78, 5) is 11.1. The molecule has 0 bridgehead atoms. The Kier molecular flexibility index (Phi) is 8.03. The molecule has 1 aliphatic heterocycles. The summed E-state index contributed by atoms with van der Waals surface area (Å²) in [6, 6.07) is 80.4. The summed E-state index contributed by atoms with van der Waals surface area (Å²) in [5.74, 6) is 1.38. The second kappa shape index (κ2) is 14.6. The standard InChI is InChI=1S/C63H39N5O/c1-2-21-44(22-3-1)67-54-27-12-10-24-47(54)50-33-43(29-30-55(50)67)61-64-62(48-26-14-20-38-15-8-9-23-46(38)48)66-63(65-61)53-36-45(37-59-60(53)49-25-11-13-28-58(49)69-59)68-56-34-41-18-6-4-16-39(41)31-51(56)52-32-40-17-5-7-19-42(40)35-57(52)68/h1-37,62H,(H,64,65,66). The van der Waals surface area contributed by atoms with E-state index in [4.69, 9.17) is 14.4 Å². The molecule has 15 rings (SSSR count). The second-order valence-electron chi connectivity index (χ2n) is 18.2. The first-order valence-corrected chi connectivity index (χ1v) is 23.5. The molecule has 0 saturated heterocycles. The van der Waals surface area contributed by atoms with Crippen LogP contribution >= 0.6 is 0 Å². The van der Waals surface area contributed by atoms with Gasteiger partial charge in [-0.3, -0.25) is 0 Å². The van der Waals surface area contributed by atoms with Crippen molar-refractivity contribution in [1.29, 1.82) is 0 Å². The topological polar surface area (TPSA) is 59.8 Å². The predicted molar refractivity (Wildman–Crippen MR) is 287 cm³/mol. The Balaban J connectivity index is 1.01. The number of fused-ring (bicyclic) bond motifs is 12. The van der Waals surface area contributed by atoms with E-state index in [1.165, 1.54) is 37.7 Å². The van der Waals surface area contributed by atoms with Crippen molar-refractivity contribution in [1.82, 2.24) is 14.5 Å². The third-order valence-electron chi connectivity index (χ3n) is 14.3. The lowest BCUT2D eigenvalue weighted by Crippen LogP contribution is -2.34. The van der Waals surface area contributed by atoms with E-state index in [0.29, 0.717) is 5.84 Å². The molecule has 6 heteroatoms. The summed E-state index contributed by atoms with van der Waals surface area (Å²) in [6.45, 7) is 0. The van der Waals surface area contributed by atoms with Crippen molar-refractivity contribution in [3.8, 4) is 11.4 Å². The van der Waals surface area contributed by atoms with Gasteiger partial charge in [-0.15, -0.1) is 0 Å². The fourth-order valence-corrected chi connectivity index (χ4v) is 11.2. The SMILES string of the molecule is c1ccc(-n2c3ccccc3c3cc(C4=NC(c5cccc6ccccc56)NC(c5cc(-n6c7cc8ccccc8cc7c7cc8ccccc8cc76)cc6oc7ccccc7c56)=N4)ccc32)cc1. The summed E-state index contributed by atoms with van der Waals surface area (Å²) in [6.07, 6.45) is -0.456. The van der Waals surface area contributed by atoms with Gasteiger partial charge in [0.15, 0.2) is 5.84 Å². The van der Waals surface area contributed by atoms with Crippen LogP contribution in [0.1, 0.15) is 22.9 Å². The Morgan fingerprint density at radius 3 is 1.72 bits per heavy atom. The average molecular weight is 882 g/mol. The number of nitrogens with zero attached hydrogens (tertiary/aromatic N) is 4. The Bertz CT molecular complexity index is 4430. The number of para-hydroxylation sites is 3. The second-order valence-corrected chi connectivity index (χ2v) is 18.2. The highest BCUT2D eigenvalue weighted by molar-refractivity contribution is 6.24. The van der Waals surface area contributed by atoms with Gasteiger partial charge < -0.3 is 18.9 Å². The van der Waals surface area contributed by atoms with Crippen LogP contribution in [0.3, 0.4) is 0 Å². The molecular weight excluding hydrogens is 843 g/mol. The molecule has 322 valence electrons. The highest BCUT2D eigenvalue weighted by Crippen LogP contribution is 2.41. The van der Waals surface area contributed by atoms with E-state index in [1.807, 2.05) is 6.07 Å². The fraction of sp³-hybridized carbons (Fsp3) is 0.0159. The fourth-order valence-electron chi connectivity index (χ4n) is 11.2. The van der Waals surface area contributed by atoms with E-state index >= 15 is 0 Å². The molecule has 1 atom stereocenters.